The van der Waals surface area contributed by atoms with Gasteiger partial charge >= 0.3 is 6.18 Å². The van der Waals surface area contributed by atoms with Gasteiger partial charge in [-0.15, -0.1) is 0 Å². The van der Waals surface area contributed by atoms with Gasteiger partial charge in [0.05, 0.1) is 22.0 Å². The van der Waals surface area contributed by atoms with E-state index in [0.29, 0.717) is 42.7 Å². The SMILES string of the molecule is O=C(Nn1cnc2ccccc21)C1(c2cccc(C(F)(F)F)c2)CCOCC1. The molecule has 3 aromatic rings. The first-order chi connectivity index (χ1) is 13.4. The monoisotopic (exact) mass is 389 g/mol. The number of fused-ring (bicyclic) bond motifs is 1. The second kappa shape index (κ2) is 6.94. The number of carbonyl (C=O) groups is 1. The Balaban J connectivity index is 1.72. The van der Waals surface area contributed by atoms with E-state index in [9.17, 15) is 18.0 Å². The lowest BCUT2D eigenvalue weighted by Gasteiger charge is -2.36. The molecule has 146 valence electrons. The number of para-hydroxylation sites is 2. The fraction of sp³-hybridized carbons (Fsp3) is 0.300. The Morgan fingerprint density at radius 1 is 1.11 bits per heavy atom. The van der Waals surface area contributed by atoms with Crippen molar-refractivity contribution >= 4 is 16.9 Å². The van der Waals surface area contributed by atoms with Crippen molar-refractivity contribution in [2.75, 3.05) is 18.6 Å². The van der Waals surface area contributed by atoms with Crippen LogP contribution >= 0.6 is 0 Å². The maximum absolute atomic E-state index is 13.3. The average molecular weight is 389 g/mol. The smallest absolute Gasteiger partial charge is 0.381 e. The second-order valence-corrected chi connectivity index (χ2v) is 6.82. The third-order valence-corrected chi connectivity index (χ3v) is 5.20. The maximum atomic E-state index is 13.3. The molecule has 1 aliphatic rings. The van der Waals surface area contributed by atoms with Gasteiger partial charge in [0.15, 0.2) is 0 Å². The van der Waals surface area contributed by atoms with Crippen molar-refractivity contribution in [1.82, 2.24) is 9.66 Å². The summed E-state index contributed by atoms with van der Waals surface area (Å²) < 4.78 is 46.5. The summed E-state index contributed by atoms with van der Waals surface area (Å²) in [5.41, 5.74) is 2.70. The summed E-state index contributed by atoms with van der Waals surface area (Å²) in [7, 11) is 0. The number of benzene rings is 2. The number of ether oxygens (including phenoxy) is 1. The summed E-state index contributed by atoms with van der Waals surface area (Å²) in [4.78, 5) is 17.5. The van der Waals surface area contributed by atoms with Gasteiger partial charge in [0.25, 0.3) is 0 Å². The van der Waals surface area contributed by atoms with E-state index in [1.54, 1.807) is 6.07 Å². The highest BCUT2D eigenvalue weighted by Crippen LogP contribution is 2.38. The molecule has 1 aromatic heterocycles. The molecule has 0 aliphatic carbocycles. The molecule has 28 heavy (non-hydrogen) atoms. The summed E-state index contributed by atoms with van der Waals surface area (Å²) >= 11 is 0. The fourth-order valence-corrected chi connectivity index (χ4v) is 3.62. The van der Waals surface area contributed by atoms with Crippen molar-refractivity contribution in [3.05, 3.63) is 66.0 Å². The standard InChI is InChI=1S/C20H18F3N3O2/c21-20(22,23)15-5-3-4-14(12-15)19(8-10-28-11-9-19)18(27)25-26-13-24-16-6-1-2-7-17(16)26/h1-7,12-13H,8-11H2,(H,25,27). The highest BCUT2D eigenvalue weighted by molar-refractivity contribution is 5.95. The molecule has 0 spiro atoms. The molecule has 0 unspecified atom stereocenters. The van der Waals surface area contributed by atoms with Gasteiger partial charge in [0.2, 0.25) is 5.91 Å². The van der Waals surface area contributed by atoms with Gasteiger partial charge in [0, 0.05) is 13.2 Å². The Hall–Kier alpha value is -2.87. The van der Waals surface area contributed by atoms with Crippen molar-refractivity contribution < 1.29 is 22.7 Å². The predicted octanol–water partition coefficient (Wildman–Crippen LogP) is 3.87. The summed E-state index contributed by atoms with van der Waals surface area (Å²) in [6.45, 7) is 0.600. The number of halogens is 3. The van der Waals surface area contributed by atoms with Gasteiger partial charge in [-0.2, -0.15) is 13.2 Å². The molecule has 0 atom stereocenters. The number of imidazole rings is 1. The van der Waals surface area contributed by atoms with Crippen LogP contribution in [0.4, 0.5) is 13.2 Å². The lowest BCUT2D eigenvalue weighted by Crippen LogP contribution is -2.47. The topological polar surface area (TPSA) is 56.2 Å². The number of nitrogens with zero attached hydrogens (tertiary/aromatic N) is 2. The van der Waals surface area contributed by atoms with Gasteiger partial charge in [-0.3, -0.25) is 10.2 Å². The number of aromatic nitrogens is 2. The summed E-state index contributed by atoms with van der Waals surface area (Å²) in [6, 6.07) is 12.3. The van der Waals surface area contributed by atoms with Crippen LogP contribution in [0.5, 0.6) is 0 Å². The van der Waals surface area contributed by atoms with Crippen molar-refractivity contribution in [2.24, 2.45) is 0 Å². The van der Waals surface area contributed by atoms with Crippen LogP contribution in [0.15, 0.2) is 54.9 Å². The zero-order valence-corrected chi connectivity index (χ0v) is 14.9. The molecular formula is C20H18F3N3O2. The molecule has 0 radical (unpaired) electrons. The molecule has 1 fully saturated rings. The van der Waals surface area contributed by atoms with E-state index in [1.165, 1.54) is 17.1 Å². The minimum Gasteiger partial charge on any atom is -0.381 e. The van der Waals surface area contributed by atoms with Gasteiger partial charge < -0.3 is 4.74 Å². The van der Waals surface area contributed by atoms with E-state index in [-0.39, 0.29) is 5.91 Å². The van der Waals surface area contributed by atoms with Crippen LogP contribution in [0.3, 0.4) is 0 Å². The molecule has 1 N–H and O–H groups in total. The molecule has 4 rings (SSSR count). The molecule has 5 nitrogen and oxygen atoms in total. The lowest BCUT2D eigenvalue weighted by molar-refractivity contribution is -0.138. The highest BCUT2D eigenvalue weighted by Gasteiger charge is 2.43. The molecule has 1 amide bonds. The normalized spacial score (nSPS) is 16.8. The number of amides is 1. The van der Waals surface area contributed by atoms with E-state index < -0.39 is 17.2 Å². The summed E-state index contributed by atoms with van der Waals surface area (Å²) in [6.07, 6.45) is -2.39. The van der Waals surface area contributed by atoms with Gasteiger partial charge in [-0.05, 0) is 36.6 Å². The van der Waals surface area contributed by atoms with E-state index in [0.717, 1.165) is 12.1 Å². The van der Waals surface area contributed by atoms with Gasteiger partial charge in [-0.1, -0.05) is 30.3 Å². The first-order valence-corrected chi connectivity index (χ1v) is 8.89. The average Bonchev–Trinajstić information content (AvgIpc) is 3.11. The molecule has 2 aromatic carbocycles. The molecule has 2 heterocycles. The number of alkyl halides is 3. The minimum absolute atomic E-state index is 0.298. The first-order valence-electron chi connectivity index (χ1n) is 8.89. The van der Waals surface area contributed by atoms with Crippen LogP contribution in [0, 0.1) is 0 Å². The Kier molecular flexibility index (Phi) is 4.58. The molecule has 1 aliphatic heterocycles. The highest BCUT2D eigenvalue weighted by atomic mass is 19.4. The Labute approximate surface area is 159 Å². The summed E-state index contributed by atoms with van der Waals surface area (Å²) in [5, 5.41) is 0. The second-order valence-electron chi connectivity index (χ2n) is 6.82. The van der Waals surface area contributed by atoms with Gasteiger partial charge in [0.1, 0.15) is 6.33 Å². The van der Waals surface area contributed by atoms with E-state index in [4.69, 9.17) is 4.74 Å². The van der Waals surface area contributed by atoms with E-state index >= 15 is 0 Å². The van der Waals surface area contributed by atoms with Gasteiger partial charge in [-0.25, -0.2) is 9.66 Å². The maximum Gasteiger partial charge on any atom is 0.416 e. The molecule has 1 saturated heterocycles. The third-order valence-electron chi connectivity index (χ3n) is 5.20. The Morgan fingerprint density at radius 3 is 2.61 bits per heavy atom. The molecule has 0 bridgehead atoms. The number of carbonyl (C=O) groups excluding carboxylic acids is 1. The Morgan fingerprint density at radius 2 is 1.86 bits per heavy atom. The van der Waals surface area contributed by atoms with Crippen LogP contribution in [0.25, 0.3) is 11.0 Å². The van der Waals surface area contributed by atoms with Crippen LogP contribution in [0.1, 0.15) is 24.0 Å². The first kappa shape index (κ1) is 18.5. The lowest BCUT2D eigenvalue weighted by atomic mass is 9.73. The van der Waals surface area contributed by atoms with Crippen LogP contribution < -0.4 is 5.43 Å². The molecular weight excluding hydrogens is 371 g/mol. The van der Waals surface area contributed by atoms with Crippen molar-refractivity contribution in [1.29, 1.82) is 0 Å². The predicted molar refractivity (Wildman–Crippen MR) is 97.3 cm³/mol. The fourth-order valence-electron chi connectivity index (χ4n) is 3.62. The number of rotatable bonds is 3. The quantitative estimate of drug-likeness (QED) is 0.740. The number of hydrogen-bond donors (Lipinski definition) is 1. The van der Waals surface area contributed by atoms with E-state index in [2.05, 4.69) is 10.4 Å². The van der Waals surface area contributed by atoms with Crippen molar-refractivity contribution in [2.45, 2.75) is 24.4 Å². The van der Waals surface area contributed by atoms with Crippen LogP contribution in [0.2, 0.25) is 0 Å². The van der Waals surface area contributed by atoms with Crippen molar-refractivity contribution in [3.8, 4) is 0 Å². The Bertz CT molecular complexity index is 1010. The zero-order valence-electron chi connectivity index (χ0n) is 14.9. The number of hydrogen-bond acceptors (Lipinski definition) is 3. The third kappa shape index (κ3) is 3.24. The van der Waals surface area contributed by atoms with Crippen LogP contribution in [-0.4, -0.2) is 28.8 Å². The van der Waals surface area contributed by atoms with Crippen LogP contribution in [-0.2, 0) is 21.1 Å². The van der Waals surface area contributed by atoms with Crippen molar-refractivity contribution in [3.63, 3.8) is 0 Å². The molecule has 8 heteroatoms. The number of nitrogens with one attached hydrogen (secondary N) is 1. The zero-order chi connectivity index (χ0) is 19.8. The summed E-state index contributed by atoms with van der Waals surface area (Å²) in [5.74, 6) is -0.377. The largest absolute Gasteiger partial charge is 0.416 e. The molecule has 0 saturated carbocycles. The van der Waals surface area contributed by atoms with E-state index in [1.807, 2.05) is 24.3 Å². The minimum atomic E-state index is -4.47.